The van der Waals surface area contributed by atoms with Gasteiger partial charge in [0.15, 0.2) is 0 Å². The SMILES string of the molecule is COc1ccc2[nH]c(=O)c3sccc3c2c1CCCc1ccc(S(N)(=O)=O)cc1. The minimum absolute atomic E-state index is 0.0754. The number of aryl methyl sites for hydroxylation is 2. The lowest BCUT2D eigenvalue weighted by Crippen LogP contribution is -2.11. The van der Waals surface area contributed by atoms with Gasteiger partial charge in [-0.15, -0.1) is 11.3 Å². The van der Waals surface area contributed by atoms with Crippen molar-refractivity contribution in [3.05, 3.63) is 69.3 Å². The summed E-state index contributed by atoms with van der Waals surface area (Å²) in [5.41, 5.74) is 2.82. The molecule has 4 rings (SSSR count). The molecule has 0 fully saturated rings. The van der Waals surface area contributed by atoms with E-state index in [1.54, 1.807) is 19.2 Å². The highest BCUT2D eigenvalue weighted by molar-refractivity contribution is 7.89. The number of methoxy groups -OCH3 is 1. The van der Waals surface area contributed by atoms with E-state index in [1.165, 1.54) is 23.5 Å². The molecule has 0 atom stereocenters. The molecule has 0 aliphatic rings. The van der Waals surface area contributed by atoms with Crippen LogP contribution in [0.4, 0.5) is 0 Å². The molecule has 29 heavy (non-hydrogen) atoms. The van der Waals surface area contributed by atoms with Gasteiger partial charge in [-0.3, -0.25) is 4.79 Å². The van der Waals surface area contributed by atoms with Crippen LogP contribution in [0.5, 0.6) is 5.75 Å². The van der Waals surface area contributed by atoms with E-state index >= 15 is 0 Å². The van der Waals surface area contributed by atoms with Crippen LogP contribution >= 0.6 is 11.3 Å². The monoisotopic (exact) mass is 428 g/mol. The number of nitrogens with two attached hydrogens (primary N) is 1. The first-order valence-electron chi connectivity index (χ1n) is 9.09. The van der Waals surface area contributed by atoms with Crippen molar-refractivity contribution in [1.82, 2.24) is 4.98 Å². The molecule has 2 heterocycles. The van der Waals surface area contributed by atoms with Crippen molar-refractivity contribution in [2.45, 2.75) is 24.2 Å². The Labute approximate surface area is 172 Å². The molecule has 3 N–H and O–H groups in total. The van der Waals surface area contributed by atoms with Gasteiger partial charge in [-0.05, 0) is 60.5 Å². The van der Waals surface area contributed by atoms with Crippen LogP contribution in [0, 0.1) is 0 Å². The Bertz CT molecular complexity index is 1350. The molecule has 6 nitrogen and oxygen atoms in total. The molecule has 0 spiro atoms. The molecule has 8 heteroatoms. The Morgan fingerprint density at radius 3 is 2.52 bits per heavy atom. The Morgan fingerprint density at radius 2 is 1.83 bits per heavy atom. The van der Waals surface area contributed by atoms with Crippen molar-refractivity contribution in [2.24, 2.45) is 5.14 Å². The maximum Gasteiger partial charge on any atom is 0.266 e. The normalized spacial score (nSPS) is 11.9. The minimum atomic E-state index is -3.68. The fourth-order valence-corrected chi connectivity index (χ4v) is 4.97. The molecule has 0 saturated carbocycles. The average molecular weight is 429 g/mol. The molecule has 0 radical (unpaired) electrons. The van der Waals surface area contributed by atoms with Gasteiger partial charge >= 0.3 is 0 Å². The van der Waals surface area contributed by atoms with E-state index in [1.807, 2.05) is 23.6 Å². The van der Waals surface area contributed by atoms with Crippen LogP contribution in [-0.2, 0) is 22.9 Å². The van der Waals surface area contributed by atoms with Gasteiger partial charge in [0.2, 0.25) is 10.0 Å². The fraction of sp³-hybridized carbons (Fsp3) is 0.190. The van der Waals surface area contributed by atoms with Gasteiger partial charge in [0, 0.05) is 21.9 Å². The molecular formula is C21H20N2O4S2. The number of pyridine rings is 1. The first-order valence-corrected chi connectivity index (χ1v) is 11.5. The van der Waals surface area contributed by atoms with Crippen LogP contribution in [0.1, 0.15) is 17.5 Å². The fourth-order valence-electron chi connectivity index (χ4n) is 3.66. The number of aromatic nitrogens is 1. The molecule has 0 amide bonds. The number of aromatic amines is 1. The summed E-state index contributed by atoms with van der Waals surface area (Å²) in [6.45, 7) is 0. The quantitative estimate of drug-likeness (QED) is 0.490. The maximum atomic E-state index is 12.3. The Kier molecular flexibility index (Phi) is 5.16. The van der Waals surface area contributed by atoms with E-state index in [0.717, 1.165) is 52.4 Å². The molecular weight excluding hydrogens is 408 g/mol. The zero-order valence-electron chi connectivity index (χ0n) is 15.8. The second-order valence-corrected chi connectivity index (χ2v) is 9.31. The largest absolute Gasteiger partial charge is 0.496 e. The van der Waals surface area contributed by atoms with Gasteiger partial charge in [-0.25, -0.2) is 13.6 Å². The number of rotatable bonds is 6. The van der Waals surface area contributed by atoms with Crippen LogP contribution in [-0.4, -0.2) is 20.5 Å². The van der Waals surface area contributed by atoms with Crippen molar-refractivity contribution >= 4 is 42.3 Å². The Morgan fingerprint density at radius 1 is 1.07 bits per heavy atom. The number of fused-ring (bicyclic) bond motifs is 3. The molecule has 150 valence electrons. The molecule has 0 bridgehead atoms. The van der Waals surface area contributed by atoms with E-state index in [2.05, 4.69) is 4.98 Å². The van der Waals surface area contributed by atoms with Crippen LogP contribution in [0.2, 0.25) is 0 Å². The van der Waals surface area contributed by atoms with Gasteiger partial charge < -0.3 is 9.72 Å². The lowest BCUT2D eigenvalue weighted by molar-refractivity contribution is 0.410. The van der Waals surface area contributed by atoms with Gasteiger partial charge in [-0.1, -0.05) is 12.1 Å². The molecule has 0 aliphatic heterocycles. The molecule has 0 unspecified atom stereocenters. The highest BCUT2D eigenvalue weighted by Gasteiger charge is 2.14. The van der Waals surface area contributed by atoms with Gasteiger partial charge in [-0.2, -0.15) is 0 Å². The second kappa shape index (κ2) is 7.62. The zero-order valence-corrected chi connectivity index (χ0v) is 17.4. The number of benzene rings is 2. The number of H-pyrrole nitrogens is 1. The lowest BCUT2D eigenvalue weighted by Gasteiger charge is -2.13. The van der Waals surface area contributed by atoms with Gasteiger partial charge in [0.05, 0.1) is 12.0 Å². The molecule has 2 aromatic carbocycles. The number of ether oxygens (including phenoxy) is 1. The first-order chi connectivity index (χ1) is 13.9. The highest BCUT2D eigenvalue weighted by Crippen LogP contribution is 2.34. The first kappa shape index (κ1) is 19.6. The predicted molar refractivity (Wildman–Crippen MR) is 116 cm³/mol. The standard InChI is InChI=1S/C21H20N2O4S2/c1-27-18-10-9-17-19(16-11-12-28-20(16)21(24)23-17)15(18)4-2-3-13-5-7-14(8-6-13)29(22,25)26/h5-12H,2-4H2,1H3,(H,23,24)(H2,22,25,26). The van der Waals surface area contributed by atoms with Crippen LogP contribution in [0.25, 0.3) is 21.0 Å². The van der Waals surface area contributed by atoms with E-state index in [-0.39, 0.29) is 10.5 Å². The molecule has 0 aliphatic carbocycles. The summed E-state index contributed by atoms with van der Waals surface area (Å²) in [5.74, 6) is 0.793. The summed E-state index contributed by atoms with van der Waals surface area (Å²) in [5, 5.41) is 9.04. The highest BCUT2D eigenvalue weighted by atomic mass is 32.2. The zero-order chi connectivity index (χ0) is 20.6. The van der Waals surface area contributed by atoms with Crippen molar-refractivity contribution in [1.29, 1.82) is 0 Å². The number of sulfonamides is 1. The van der Waals surface area contributed by atoms with Crippen molar-refractivity contribution in [3.8, 4) is 5.75 Å². The molecule has 4 aromatic rings. The van der Waals surface area contributed by atoms with E-state index in [9.17, 15) is 13.2 Å². The Balaban J connectivity index is 1.65. The van der Waals surface area contributed by atoms with Crippen molar-refractivity contribution < 1.29 is 13.2 Å². The van der Waals surface area contributed by atoms with E-state index in [0.29, 0.717) is 4.70 Å². The number of primary sulfonamides is 1. The summed E-state index contributed by atoms with van der Waals surface area (Å²) in [7, 11) is -2.03. The van der Waals surface area contributed by atoms with Gasteiger partial charge in [0.25, 0.3) is 5.56 Å². The predicted octanol–water partition coefficient (Wildman–Crippen LogP) is 3.57. The number of thiophene rings is 1. The van der Waals surface area contributed by atoms with E-state index < -0.39 is 10.0 Å². The number of hydrogen-bond donors (Lipinski definition) is 2. The van der Waals surface area contributed by atoms with Crippen LogP contribution in [0.15, 0.2) is 57.5 Å². The summed E-state index contributed by atoms with van der Waals surface area (Å²) in [6, 6.07) is 12.4. The van der Waals surface area contributed by atoms with Gasteiger partial charge in [0.1, 0.15) is 10.4 Å². The lowest BCUT2D eigenvalue weighted by atomic mass is 9.98. The maximum absolute atomic E-state index is 12.3. The number of nitrogens with one attached hydrogen (secondary N) is 1. The third-order valence-electron chi connectivity index (χ3n) is 5.02. The average Bonchev–Trinajstić information content (AvgIpc) is 3.18. The summed E-state index contributed by atoms with van der Waals surface area (Å²) in [4.78, 5) is 15.4. The van der Waals surface area contributed by atoms with Crippen LogP contribution in [0.3, 0.4) is 0 Å². The van der Waals surface area contributed by atoms with Crippen LogP contribution < -0.4 is 15.4 Å². The topological polar surface area (TPSA) is 102 Å². The second-order valence-electron chi connectivity index (χ2n) is 6.83. The summed E-state index contributed by atoms with van der Waals surface area (Å²) >= 11 is 1.43. The summed E-state index contributed by atoms with van der Waals surface area (Å²) in [6.07, 6.45) is 2.38. The van der Waals surface area contributed by atoms with Crippen molar-refractivity contribution in [3.63, 3.8) is 0 Å². The molecule has 0 saturated heterocycles. The minimum Gasteiger partial charge on any atom is -0.496 e. The number of hydrogen-bond acceptors (Lipinski definition) is 5. The Hall–Kier alpha value is -2.68. The summed E-state index contributed by atoms with van der Waals surface area (Å²) < 4.78 is 29.1. The van der Waals surface area contributed by atoms with Crippen molar-refractivity contribution in [2.75, 3.05) is 7.11 Å². The third kappa shape index (κ3) is 3.78. The van der Waals surface area contributed by atoms with E-state index in [4.69, 9.17) is 9.88 Å². The molecule has 2 aromatic heterocycles. The third-order valence-corrected chi connectivity index (χ3v) is 6.87. The smallest absolute Gasteiger partial charge is 0.266 e.